The molecular weight excluding hydrogens is 378 g/mol. The first-order valence-electron chi connectivity index (χ1n) is 9.00. The Morgan fingerprint density at radius 2 is 1.59 bits per heavy atom. The van der Waals surface area contributed by atoms with E-state index in [0.29, 0.717) is 11.5 Å². The smallest absolute Gasteiger partial charge is 0.182 e. The lowest BCUT2D eigenvalue weighted by molar-refractivity contribution is 0.121. The van der Waals surface area contributed by atoms with Gasteiger partial charge in [0.05, 0.1) is 27.2 Å². The van der Waals surface area contributed by atoms with E-state index in [4.69, 9.17) is 22.7 Å². The number of benzene rings is 2. The first kappa shape index (κ1) is 20.0. The Hall–Kier alpha value is -1.76. The van der Waals surface area contributed by atoms with E-state index in [-0.39, 0.29) is 17.5 Å². The summed E-state index contributed by atoms with van der Waals surface area (Å²) in [6.07, 6.45) is 0. The van der Waals surface area contributed by atoms with Gasteiger partial charge in [0.2, 0.25) is 0 Å². The van der Waals surface area contributed by atoms with Gasteiger partial charge < -0.3 is 10.5 Å². The summed E-state index contributed by atoms with van der Waals surface area (Å²) < 4.78 is 32.6. The Balaban J connectivity index is 2.10. The molecule has 1 aliphatic carbocycles. The largest absolute Gasteiger partial charge is 0.393 e. The SMILES string of the molecule is CCOC[C@@]1(C(N)=S)[C@H](S(=O)(=O)c2ccc(C)cc2)[C@@H]1c1ccc(C)cc1. The minimum atomic E-state index is -3.62. The van der Waals surface area contributed by atoms with Crippen molar-refractivity contribution in [1.82, 2.24) is 0 Å². The third-order valence-corrected chi connectivity index (χ3v) is 8.05. The first-order chi connectivity index (χ1) is 12.7. The van der Waals surface area contributed by atoms with Crippen molar-refractivity contribution in [2.45, 2.75) is 36.8 Å². The van der Waals surface area contributed by atoms with E-state index in [2.05, 4.69) is 0 Å². The first-order valence-corrected chi connectivity index (χ1v) is 11.0. The van der Waals surface area contributed by atoms with Gasteiger partial charge in [-0.1, -0.05) is 59.7 Å². The van der Waals surface area contributed by atoms with Crippen LogP contribution in [-0.4, -0.2) is 31.9 Å². The predicted molar refractivity (Wildman–Crippen MR) is 112 cm³/mol. The standard InChI is InChI=1S/C21H25NO3S2/c1-4-25-13-21(20(22)26)18(16-9-5-14(2)6-10-16)19(21)27(23,24)17-11-7-15(3)8-12-17/h5-12,18-19H,4,13H2,1-3H3,(H2,22,26)/t18-,19+,21-/m0/s1. The lowest BCUT2D eigenvalue weighted by Crippen LogP contribution is -2.33. The van der Waals surface area contributed by atoms with Crippen LogP contribution in [0.3, 0.4) is 0 Å². The van der Waals surface area contributed by atoms with Gasteiger partial charge in [-0.05, 0) is 38.5 Å². The number of hydrogen-bond donors (Lipinski definition) is 1. The third kappa shape index (κ3) is 3.42. The molecule has 3 rings (SSSR count). The quantitative estimate of drug-likeness (QED) is 0.716. The zero-order valence-electron chi connectivity index (χ0n) is 15.8. The van der Waals surface area contributed by atoms with Crippen molar-refractivity contribution in [3.8, 4) is 0 Å². The number of rotatable bonds is 7. The van der Waals surface area contributed by atoms with Crippen LogP contribution in [0.25, 0.3) is 0 Å². The summed E-state index contributed by atoms with van der Waals surface area (Å²) in [5.41, 5.74) is 8.27. The highest BCUT2D eigenvalue weighted by Crippen LogP contribution is 2.64. The molecule has 1 saturated carbocycles. The molecule has 0 unspecified atom stereocenters. The van der Waals surface area contributed by atoms with Gasteiger partial charge in [0, 0.05) is 12.5 Å². The van der Waals surface area contributed by atoms with Gasteiger partial charge in [-0.2, -0.15) is 0 Å². The van der Waals surface area contributed by atoms with Crippen LogP contribution < -0.4 is 5.73 Å². The lowest BCUT2D eigenvalue weighted by atomic mass is 9.99. The van der Waals surface area contributed by atoms with Crippen molar-refractivity contribution in [3.05, 3.63) is 65.2 Å². The number of ether oxygens (including phenoxy) is 1. The molecule has 2 aromatic rings. The number of hydrogen-bond acceptors (Lipinski definition) is 4. The topological polar surface area (TPSA) is 69.4 Å². The van der Waals surface area contributed by atoms with Crippen molar-refractivity contribution in [3.63, 3.8) is 0 Å². The van der Waals surface area contributed by atoms with Gasteiger partial charge in [-0.25, -0.2) is 8.42 Å². The Morgan fingerprint density at radius 1 is 1.07 bits per heavy atom. The summed E-state index contributed by atoms with van der Waals surface area (Å²) in [7, 11) is -3.62. The fraction of sp³-hybridized carbons (Fsp3) is 0.381. The average Bonchev–Trinajstić information content (AvgIpc) is 3.32. The highest BCUT2D eigenvalue weighted by molar-refractivity contribution is 7.92. The molecule has 144 valence electrons. The maximum atomic E-state index is 13.5. The summed E-state index contributed by atoms with van der Waals surface area (Å²) in [4.78, 5) is 0.493. The molecule has 6 heteroatoms. The highest BCUT2D eigenvalue weighted by atomic mass is 32.2. The predicted octanol–water partition coefficient (Wildman–Crippen LogP) is 3.55. The molecule has 0 spiro atoms. The van der Waals surface area contributed by atoms with Gasteiger partial charge in [0.1, 0.15) is 0 Å². The average molecular weight is 404 g/mol. The molecule has 0 saturated heterocycles. The van der Waals surface area contributed by atoms with E-state index in [0.717, 1.165) is 16.7 Å². The third-order valence-electron chi connectivity index (χ3n) is 5.38. The van der Waals surface area contributed by atoms with Gasteiger partial charge >= 0.3 is 0 Å². The van der Waals surface area contributed by atoms with E-state index >= 15 is 0 Å². The molecule has 0 bridgehead atoms. The van der Waals surface area contributed by atoms with Gasteiger partial charge in [-0.3, -0.25) is 0 Å². The second-order valence-corrected chi connectivity index (χ2v) is 9.72. The molecule has 0 amide bonds. The fourth-order valence-electron chi connectivity index (χ4n) is 3.79. The van der Waals surface area contributed by atoms with Crippen molar-refractivity contribution in [2.75, 3.05) is 13.2 Å². The van der Waals surface area contributed by atoms with Gasteiger partial charge in [0.25, 0.3) is 0 Å². The molecule has 0 aliphatic heterocycles. The van der Waals surface area contributed by atoms with Crippen LogP contribution >= 0.6 is 12.2 Å². The molecule has 0 radical (unpaired) electrons. The Labute approximate surface area is 166 Å². The number of aryl methyl sites for hydroxylation is 2. The molecule has 0 heterocycles. The molecule has 4 nitrogen and oxygen atoms in total. The van der Waals surface area contributed by atoms with E-state index < -0.39 is 20.5 Å². The second-order valence-electron chi connectivity index (χ2n) is 7.21. The molecule has 1 aliphatic rings. The van der Waals surface area contributed by atoms with Crippen molar-refractivity contribution in [1.29, 1.82) is 0 Å². The minimum Gasteiger partial charge on any atom is -0.393 e. The monoisotopic (exact) mass is 403 g/mol. The molecule has 3 atom stereocenters. The van der Waals surface area contributed by atoms with Crippen LogP contribution in [0.15, 0.2) is 53.4 Å². The van der Waals surface area contributed by atoms with Crippen molar-refractivity contribution >= 4 is 27.0 Å². The lowest BCUT2D eigenvalue weighted by Gasteiger charge is -2.17. The van der Waals surface area contributed by atoms with Crippen molar-refractivity contribution < 1.29 is 13.2 Å². The van der Waals surface area contributed by atoms with Crippen LogP contribution in [-0.2, 0) is 14.6 Å². The van der Waals surface area contributed by atoms with Crippen LogP contribution in [0.4, 0.5) is 0 Å². The molecule has 0 aromatic heterocycles. The minimum absolute atomic E-state index is 0.196. The number of nitrogens with two attached hydrogens (primary N) is 1. The van der Waals surface area contributed by atoms with Crippen LogP contribution in [0.1, 0.15) is 29.5 Å². The van der Waals surface area contributed by atoms with Gasteiger partial charge in [0.15, 0.2) is 9.84 Å². The normalized spacial score (nSPS) is 24.6. The van der Waals surface area contributed by atoms with Crippen LogP contribution in [0.5, 0.6) is 0 Å². The Kier molecular flexibility index (Phi) is 5.43. The van der Waals surface area contributed by atoms with E-state index in [1.165, 1.54) is 0 Å². The summed E-state index contributed by atoms with van der Waals surface area (Å²) in [6.45, 7) is 6.48. The zero-order chi connectivity index (χ0) is 19.8. The number of thiocarbonyl (C=S) groups is 1. The van der Waals surface area contributed by atoms with Crippen molar-refractivity contribution in [2.24, 2.45) is 11.1 Å². The molecule has 2 aromatic carbocycles. The second kappa shape index (κ2) is 7.34. The van der Waals surface area contributed by atoms with Crippen LogP contribution in [0, 0.1) is 19.3 Å². The molecule has 1 fully saturated rings. The highest BCUT2D eigenvalue weighted by Gasteiger charge is 2.73. The summed E-state index contributed by atoms with van der Waals surface area (Å²) in [5, 5.41) is -0.723. The van der Waals surface area contributed by atoms with E-state index in [9.17, 15) is 8.42 Å². The summed E-state index contributed by atoms with van der Waals surface area (Å²) in [6, 6.07) is 14.8. The zero-order valence-corrected chi connectivity index (χ0v) is 17.4. The Morgan fingerprint density at radius 3 is 2.07 bits per heavy atom. The number of sulfone groups is 1. The van der Waals surface area contributed by atoms with E-state index in [1.54, 1.807) is 24.3 Å². The fourth-order valence-corrected chi connectivity index (χ4v) is 6.56. The maximum absolute atomic E-state index is 13.5. The molecular formula is C21H25NO3S2. The molecule has 27 heavy (non-hydrogen) atoms. The molecule has 2 N–H and O–H groups in total. The summed E-state index contributed by atoms with van der Waals surface area (Å²) in [5.74, 6) is -0.312. The maximum Gasteiger partial charge on any atom is 0.182 e. The summed E-state index contributed by atoms with van der Waals surface area (Å²) >= 11 is 5.36. The van der Waals surface area contributed by atoms with Gasteiger partial charge in [-0.15, -0.1) is 0 Å². The van der Waals surface area contributed by atoms with E-state index in [1.807, 2.05) is 45.0 Å². The Bertz CT molecular complexity index is 936. The van der Waals surface area contributed by atoms with Crippen LogP contribution in [0.2, 0.25) is 0 Å².